The van der Waals surface area contributed by atoms with E-state index in [9.17, 15) is 24.5 Å². The SMILES string of the molecule is CCC1=C2[C@@H](CC/C(=C/c3ccc(O)cc3)c3ccccn3)OB(O)C[C@@H]2[C@@H]2C(=O)N(C(=O)OC)C(=O)[C@@H]2C1. The Morgan fingerprint density at radius 3 is 2.62 bits per heavy atom. The van der Waals surface area contributed by atoms with E-state index in [0.717, 1.165) is 35.1 Å². The van der Waals surface area contributed by atoms with Gasteiger partial charge in [-0.05, 0) is 85.0 Å². The van der Waals surface area contributed by atoms with Crippen molar-refractivity contribution in [2.24, 2.45) is 17.8 Å². The Hall–Kier alpha value is -3.76. The molecule has 202 valence electrons. The smallest absolute Gasteiger partial charge is 0.455 e. The summed E-state index contributed by atoms with van der Waals surface area (Å²) in [6.07, 6.45) is 4.62. The maximum absolute atomic E-state index is 13.3. The van der Waals surface area contributed by atoms with Crippen LogP contribution < -0.4 is 0 Å². The Balaban J connectivity index is 1.46. The van der Waals surface area contributed by atoms with Crippen molar-refractivity contribution in [1.29, 1.82) is 0 Å². The van der Waals surface area contributed by atoms with Crippen molar-refractivity contribution in [3.63, 3.8) is 0 Å². The summed E-state index contributed by atoms with van der Waals surface area (Å²) in [5, 5.41) is 20.4. The van der Waals surface area contributed by atoms with Gasteiger partial charge in [0.1, 0.15) is 5.75 Å². The average Bonchev–Trinajstić information content (AvgIpc) is 3.20. The zero-order valence-corrected chi connectivity index (χ0v) is 21.9. The molecular weight excluding hydrogens is 499 g/mol. The summed E-state index contributed by atoms with van der Waals surface area (Å²) >= 11 is 0. The minimum Gasteiger partial charge on any atom is -0.508 e. The molecule has 3 amide bonds. The number of aromatic hydroxyl groups is 1. The van der Waals surface area contributed by atoms with Gasteiger partial charge < -0.3 is 19.5 Å². The fraction of sp³-hybridized carbons (Fsp3) is 0.379. The Morgan fingerprint density at radius 2 is 1.95 bits per heavy atom. The van der Waals surface area contributed by atoms with Crippen molar-refractivity contribution in [3.8, 4) is 5.75 Å². The van der Waals surface area contributed by atoms with Crippen molar-refractivity contribution < 1.29 is 33.9 Å². The zero-order chi connectivity index (χ0) is 27.7. The van der Waals surface area contributed by atoms with Gasteiger partial charge in [-0.1, -0.05) is 30.7 Å². The molecular formula is C29H31BN2O7. The third kappa shape index (κ3) is 5.14. The number of methoxy groups -OCH3 is 1. The number of benzene rings is 1. The van der Waals surface area contributed by atoms with Crippen molar-refractivity contribution in [3.05, 3.63) is 71.1 Å². The summed E-state index contributed by atoms with van der Waals surface area (Å²) in [5.41, 5.74) is 4.66. The molecule has 2 fully saturated rings. The number of hydrogen-bond acceptors (Lipinski definition) is 8. The lowest BCUT2D eigenvalue weighted by molar-refractivity contribution is -0.137. The highest BCUT2D eigenvalue weighted by Gasteiger charge is 2.59. The largest absolute Gasteiger partial charge is 0.508 e. The molecule has 10 heteroatoms. The number of pyridine rings is 1. The monoisotopic (exact) mass is 530 g/mol. The summed E-state index contributed by atoms with van der Waals surface area (Å²) in [5.74, 6) is -2.70. The second-order valence-corrected chi connectivity index (χ2v) is 10.2. The van der Waals surface area contributed by atoms with Gasteiger partial charge >= 0.3 is 13.2 Å². The van der Waals surface area contributed by atoms with Gasteiger partial charge in [-0.2, -0.15) is 4.90 Å². The van der Waals surface area contributed by atoms with Crippen LogP contribution in [0.5, 0.6) is 5.75 Å². The minimum atomic E-state index is -1.10. The molecule has 39 heavy (non-hydrogen) atoms. The topological polar surface area (TPSA) is 126 Å². The Labute approximate surface area is 227 Å². The molecule has 0 bridgehead atoms. The first-order valence-electron chi connectivity index (χ1n) is 13.2. The molecule has 1 aliphatic carbocycles. The Kier molecular flexibility index (Phi) is 7.68. The predicted octanol–water partition coefficient (Wildman–Crippen LogP) is 4.08. The molecule has 4 atom stereocenters. The van der Waals surface area contributed by atoms with Crippen LogP contribution in [-0.4, -0.2) is 58.3 Å². The number of hydrogen-bond donors (Lipinski definition) is 2. The van der Waals surface area contributed by atoms with Crippen molar-refractivity contribution >= 4 is 36.7 Å². The van der Waals surface area contributed by atoms with E-state index < -0.39 is 48.9 Å². The van der Waals surface area contributed by atoms with Gasteiger partial charge in [-0.15, -0.1) is 0 Å². The van der Waals surface area contributed by atoms with E-state index in [-0.39, 0.29) is 12.1 Å². The molecule has 1 aromatic heterocycles. The molecule has 3 heterocycles. The highest BCUT2D eigenvalue weighted by atomic mass is 16.5. The number of aromatic nitrogens is 1. The van der Waals surface area contributed by atoms with Crippen LogP contribution in [0.15, 0.2) is 59.8 Å². The van der Waals surface area contributed by atoms with E-state index >= 15 is 0 Å². The van der Waals surface area contributed by atoms with E-state index in [1.54, 1.807) is 18.3 Å². The standard InChI is InChI=1S/C29H31BN2O7/c1-3-18-15-21-26(28(35)32(27(21)34)29(36)38-2)22-16-30(37)39-24(25(18)22)12-9-19(23-6-4-5-13-31-23)14-17-7-10-20(33)11-8-17/h4-8,10-11,13-14,21-22,24,26,33,37H,3,9,12,15-16H2,1-2H3/b19-14-/t21-,22+,24-,26-/m1/s1. The van der Waals surface area contributed by atoms with Gasteiger partial charge in [0.2, 0.25) is 11.8 Å². The maximum Gasteiger partial charge on any atom is 0.455 e. The third-order valence-corrected chi connectivity index (χ3v) is 8.00. The first kappa shape index (κ1) is 26.8. The molecule has 2 aromatic rings. The van der Waals surface area contributed by atoms with Crippen LogP contribution in [0.1, 0.15) is 43.9 Å². The van der Waals surface area contributed by atoms with Crippen molar-refractivity contribution in [1.82, 2.24) is 9.88 Å². The van der Waals surface area contributed by atoms with Crippen LogP contribution in [0.25, 0.3) is 11.6 Å². The Morgan fingerprint density at radius 1 is 1.18 bits per heavy atom. The number of fused-ring (bicyclic) bond motifs is 3. The lowest BCUT2D eigenvalue weighted by atomic mass is 9.58. The zero-order valence-electron chi connectivity index (χ0n) is 21.9. The first-order valence-corrected chi connectivity index (χ1v) is 13.2. The highest BCUT2D eigenvalue weighted by molar-refractivity contribution is 6.43. The summed E-state index contributed by atoms with van der Waals surface area (Å²) in [7, 11) is 0.0422. The molecule has 2 saturated heterocycles. The molecule has 2 aliphatic heterocycles. The average molecular weight is 530 g/mol. The predicted molar refractivity (Wildman–Crippen MR) is 144 cm³/mol. The number of likely N-dealkylation sites (tertiary alicyclic amines) is 1. The van der Waals surface area contributed by atoms with E-state index in [2.05, 4.69) is 4.98 Å². The Bertz CT molecular complexity index is 1320. The molecule has 5 rings (SSSR count). The number of phenolic OH excluding ortho intramolecular Hbond substituents is 1. The van der Waals surface area contributed by atoms with Gasteiger partial charge in [0.05, 0.1) is 30.7 Å². The fourth-order valence-corrected chi connectivity index (χ4v) is 6.26. The number of amides is 3. The molecule has 2 N–H and O–H groups in total. The van der Waals surface area contributed by atoms with E-state index in [1.807, 2.05) is 43.3 Å². The van der Waals surface area contributed by atoms with Crippen LogP contribution in [0.4, 0.5) is 4.79 Å². The molecule has 0 unspecified atom stereocenters. The number of rotatable bonds is 6. The fourth-order valence-electron chi connectivity index (χ4n) is 6.26. The van der Waals surface area contributed by atoms with E-state index in [4.69, 9.17) is 9.39 Å². The second-order valence-electron chi connectivity index (χ2n) is 10.2. The number of phenols is 1. The minimum absolute atomic E-state index is 0.182. The summed E-state index contributed by atoms with van der Waals surface area (Å²) < 4.78 is 10.8. The lowest BCUT2D eigenvalue weighted by Crippen LogP contribution is -2.46. The summed E-state index contributed by atoms with van der Waals surface area (Å²) in [6, 6.07) is 12.6. The summed E-state index contributed by atoms with van der Waals surface area (Å²) in [6.45, 7) is 2.01. The maximum atomic E-state index is 13.3. The van der Waals surface area contributed by atoms with Crippen LogP contribution in [0, 0.1) is 17.8 Å². The van der Waals surface area contributed by atoms with Gasteiger partial charge in [-0.3, -0.25) is 14.6 Å². The van der Waals surface area contributed by atoms with Gasteiger partial charge in [-0.25, -0.2) is 4.79 Å². The van der Waals surface area contributed by atoms with Gasteiger partial charge in [0, 0.05) is 6.20 Å². The molecule has 0 saturated carbocycles. The third-order valence-electron chi connectivity index (χ3n) is 8.00. The van der Waals surface area contributed by atoms with Crippen LogP contribution in [0.3, 0.4) is 0 Å². The molecule has 9 nitrogen and oxygen atoms in total. The summed E-state index contributed by atoms with van der Waals surface area (Å²) in [4.78, 5) is 43.8. The number of imide groups is 3. The molecule has 1 aromatic carbocycles. The van der Waals surface area contributed by atoms with Crippen LogP contribution in [-0.2, 0) is 19.0 Å². The number of allylic oxidation sites excluding steroid dienone is 2. The number of nitrogens with zero attached hydrogens (tertiary/aromatic N) is 2. The molecule has 0 spiro atoms. The van der Waals surface area contributed by atoms with E-state index in [1.165, 1.54) is 0 Å². The normalized spacial score (nSPS) is 25.1. The number of ether oxygens (including phenoxy) is 1. The van der Waals surface area contributed by atoms with Crippen LogP contribution >= 0.6 is 0 Å². The van der Waals surface area contributed by atoms with Crippen molar-refractivity contribution in [2.45, 2.75) is 45.0 Å². The lowest BCUT2D eigenvalue weighted by Gasteiger charge is -2.43. The van der Waals surface area contributed by atoms with Gasteiger partial charge in [0.25, 0.3) is 0 Å². The first-order chi connectivity index (χ1) is 18.8. The highest BCUT2D eigenvalue weighted by Crippen LogP contribution is 2.51. The van der Waals surface area contributed by atoms with Gasteiger partial charge in [0.15, 0.2) is 0 Å². The number of carbonyl (C=O) groups is 3. The quantitative estimate of drug-likeness (QED) is 0.325. The molecule has 3 aliphatic rings. The van der Waals surface area contributed by atoms with E-state index in [0.29, 0.717) is 30.6 Å². The second kappa shape index (κ2) is 11.2. The molecule has 0 radical (unpaired) electrons. The van der Waals surface area contributed by atoms with Crippen molar-refractivity contribution in [2.75, 3.05) is 7.11 Å². The van der Waals surface area contributed by atoms with Crippen LogP contribution in [0.2, 0.25) is 6.32 Å². The number of carbonyl (C=O) groups excluding carboxylic acids is 3.